The fourth-order valence-electron chi connectivity index (χ4n) is 2.91. The molecule has 0 aromatic heterocycles. The SMILES string of the molecule is CC[C@H](Oc1ccccc1C)C(=O)NCC1CCCCC1. The summed E-state index contributed by atoms with van der Waals surface area (Å²) in [6.45, 7) is 4.79. The molecule has 1 N–H and O–H groups in total. The van der Waals surface area contributed by atoms with Crippen LogP contribution in [0.1, 0.15) is 51.0 Å². The van der Waals surface area contributed by atoms with Crippen LogP contribution in [-0.4, -0.2) is 18.6 Å². The maximum absolute atomic E-state index is 12.3. The van der Waals surface area contributed by atoms with Gasteiger partial charge in [0, 0.05) is 6.54 Å². The van der Waals surface area contributed by atoms with Crippen LogP contribution in [0.2, 0.25) is 0 Å². The highest BCUT2D eigenvalue weighted by atomic mass is 16.5. The molecule has 3 heteroatoms. The minimum atomic E-state index is -0.394. The third-order valence-electron chi connectivity index (χ3n) is 4.32. The van der Waals surface area contributed by atoms with Crippen LogP contribution in [0.5, 0.6) is 5.75 Å². The van der Waals surface area contributed by atoms with E-state index in [1.165, 1.54) is 32.1 Å². The molecule has 0 saturated heterocycles. The lowest BCUT2D eigenvalue weighted by molar-refractivity contribution is -0.128. The fraction of sp³-hybridized carbons (Fsp3) is 0.611. The predicted octanol–water partition coefficient (Wildman–Crippen LogP) is 3.85. The molecule has 1 saturated carbocycles. The molecule has 0 aliphatic heterocycles. The van der Waals surface area contributed by atoms with Crippen molar-refractivity contribution < 1.29 is 9.53 Å². The molecule has 1 aliphatic rings. The zero-order chi connectivity index (χ0) is 15.1. The maximum Gasteiger partial charge on any atom is 0.261 e. The second-order valence-electron chi connectivity index (χ2n) is 6.03. The van der Waals surface area contributed by atoms with Crippen molar-refractivity contribution in [2.24, 2.45) is 5.92 Å². The van der Waals surface area contributed by atoms with Gasteiger partial charge < -0.3 is 10.1 Å². The number of carbonyl (C=O) groups excluding carboxylic acids is 1. The minimum absolute atomic E-state index is 0.0197. The molecule has 21 heavy (non-hydrogen) atoms. The Morgan fingerprint density at radius 1 is 1.29 bits per heavy atom. The summed E-state index contributed by atoms with van der Waals surface area (Å²) < 4.78 is 5.88. The number of para-hydroxylation sites is 1. The lowest BCUT2D eigenvalue weighted by Gasteiger charge is -2.23. The van der Waals surface area contributed by atoms with E-state index in [-0.39, 0.29) is 5.91 Å². The summed E-state index contributed by atoms with van der Waals surface area (Å²) in [6, 6.07) is 7.84. The molecule has 1 aromatic rings. The van der Waals surface area contributed by atoms with E-state index < -0.39 is 6.10 Å². The molecule has 0 bridgehead atoms. The first-order valence-electron chi connectivity index (χ1n) is 8.20. The number of rotatable bonds is 6. The maximum atomic E-state index is 12.3. The summed E-state index contributed by atoms with van der Waals surface area (Å²) in [4.78, 5) is 12.3. The van der Waals surface area contributed by atoms with Crippen LogP contribution < -0.4 is 10.1 Å². The van der Waals surface area contributed by atoms with E-state index in [1.54, 1.807) is 0 Å². The third-order valence-corrected chi connectivity index (χ3v) is 4.32. The molecule has 0 radical (unpaired) electrons. The molecule has 1 atom stereocenters. The van der Waals surface area contributed by atoms with E-state index in [1.807, 2.05) is 38.1 Å². The van der Waals surface area contributed by atoms with Crippen LogP contribution in [0.4, 0.5) is 0 Å². The Hall–Kier alpha value is -1.51. The van der Waals surface area contributed by atoms with Gasteiger partial charge in [0.2, 0.25) is 0 Å². The Morgan fingerprint density at radius 3 is 2.67 bits per heavy atom. The summed E-state index contributed by atoms with van der Waals surface area (Å²) in [5.74, 6) is 1.47. The summed E-state index contributed by atoms with van der Waals surface area (Å²) in [5, 5.41) is 3.08. The van der Waals surface area contributed by atoms with E-state index in [0.717, 1.165) is 17.9 Å². The van der Waals surface area contributed by atoms with Crippen LogP contribution >= 0.6 is 0 Å². The van der Waals surface area contributed by atoms with E-state index >= 15 is 0 Å². The molecule has 1 fully saturated rings. The number of ether oxygens (including phenoxy) is 1. The highest BCUT2D eigenvalue weighted by Crippen LogP contribution is 2.23. The van der Waals surface area contributed by atoms with Crippen molar-refractivity contribution in [3.63, 3.8) is 0 Å². The molecule has 1 aliphatic carbocycles. The molecule has 116 valence electrons. The van der Waals surface area contributed by atoms with Gasteiger partial charge in [-0.3, -0.25) is 4.79 Å². The highest BCUT2D eigenvalue weighted by Gasteiger charge is 2.21. The van der Waals surface area contributed by atoms with Crippen LogP contribution in [0, 0.1) is 12.8 Å². The Labute approximate surface area is 128 Å². The minimum Gasteiger partial charge on any atom is -0.480 e. The number of benzene rings is 1. The third kappa shape index (κ3) is 4.76. The summed E-state index contributed by atoms with van der Waals surface area (Å²) in [5.41, 5.74) is 1.07. The molecule has 2 rings (SSSR count). The number of aryl methyl sites for hydroxylation is 1. The van der Waals surface area contributed by atoms with Crippen LogP contribution in [0.25, 0.3) is 0 Å². The lowest BCUT2D eigenvalue weighted by atomic mass is 9.89. The van der Waals surface area contributed by atoms with Gasteiger partial charge in [-0.15, -0.1) is 0 Å². The zero-order valence-corrected chi connectivity index (χ0v) is 13.2. The normalized spacial score (nSPS) is 17.2. The second kappa shape index (κ2) is 8.06. The van der Waals surface area contributed by atoms with Gasteiger partial charge in [-0.25, -0.2) is 0 Å². The Bertz CT molecular complexity index is 452. The largest absolute Gasteiger partial charge is 0.480 e. The van der Waals surface area contributed by atoms with Crippen molar-refractivity contribution in [3.8, 4) is 5.75 Å². The Morgan fingerprint density at radius 2 is 2.00 bits per heavy atom. The highest BCUT2D eigenvalue weighted by molar-refractivity contribution is 5.81. The van der Waals surface area contributed by atoms with Crippen LogP contribution in [0.15, 0.2) is 24.3 Å². The zero-order valence-electron chi connectivity index (χ0n) is 13.2. The van der Waals surface area contributed by atoms with Gasteiger partial charge in [0.25, 0.3) is 5.91 Å². The van der Waals surface area contributed by atoms with Gasteiger partial charge >= 0.3 is 0 Å². The van der Waals surface area contributed by atoms with E-state index in [4.69, 9.17) is 4.74 Å². The number of hydrogen-bond acceptors (Lipinski definition) is 2. The molecule has 0 heterocycles. The Balaban J connectivity index is 1.85. The van der Waals surface area contributed by atoms with E-state index in [9.17, 15) is 4.79 Å². The molecule has 0 spiro atoms. The molecule has 3 nitrogen and oxygen atoms in total. The van der Waals surface area contributed by atoms with Gasteiger partial charge in [0.15, 0.2) is 6.10 Å². The number of nitrogens with one attached hydrogen (secondary N) is 1. The van der Waals surface area contributed by atoms with Crippen LogP contribution in [0.3, 0.4) is 0 Å². The average Bonchev–Trinajstić information content (AvgIpc) is 2.53. The smallest absolute Gasteiger partial charge is 0.261 e. The van der Waals surface area contributed by atoms with Crippen molar-refractivity contribution in [2.75, 3.05) is 6.54 Å². The number of amides is 1. The van der Waals surface area contributed by atoms with Gasteiger partial charge in [0.05, 0.1) is 0 Å². The number of hydrogen-bond donors (Lipinski definition) is 1. The first-order valence-corrected chi connectivity index (χ1v) is 8.20. The quantitative estimate of drug-likeness (QED) is 0.864. The van der Waals surface area contributed by atoms with Crippen molar-refractivity contribution in [1.82, 2.24) is 5.32 Å². The summed E-state index contributed by atoms with van der Waals surface area (Å²) >= 11 is 0. The molecule has 0 unspecified atom stereocenters. The average molecular weight is 289 g/mol. The van der Waals surface area contributed by atoms with Crippen molar-refractivity contribution in [3.05, 3.63) is 29.8 Å². The van der Waals surface area contributed by atoms with Gasteiger partial charge in [-0.05, 0) is 43.7 Å². The second-order valence-corrected chi connectivity index (χ2v) is 6.03. The van der Waals surface area contributed by atoms with Crippen molar-refractivity contribution in [2.45, 2.75) is 58.5 Å². The van der Waals surface area contributed by atoms with Gasteiger partial charge in [-0.1, -0.05) is 44.4 Å². The molecular weight excluding hydrogens is 262 g/mol. The van der Waals surface area contributed by atoms with Gasteiger partial charge in [-0.2, -0.15) is 0 Å². The summed E-state index contributed by atoms with van der Waals surface area (Å²) in [7, 11) is 0. The molecule has 1 aromatic carbocycles. The van der Waals surface area contributed by atoms with Gasteiger partial charge in [0.1, 0.15) is 5.75 Å². The lowest BCUT2D eigenvalue weighted by Crippen LogP contribution is -2.40. The molecule has 1 amide bonds. The molecular formula is C18H27NO2. The predicted molar refractivity (Wildman–Crippen MR) is 85.5 cm³/mol. The monoisotopic (exact) mass is 289 g/mol. The van der Waals surface area contributed by atoms with E-state index in [2.05, 4.69) is 5.32 Å². The topological polar surface area (TPSA) is 38.3 Å². The van der Waals surface area contributed by atoms with E-state index in [0.29, 0.717) is 12.3 Å². The fourth-order valence-corrected chi connectivity index (χ4v) is 2.91. The Kier molecular flexibility index (Phi) is 6.09. The first-order chi connectivity index (χ1) is 10.2. The standard InChI is InChI=1S/C18H27NO2/c1-3-16(21-17-12-8-7-9-14(17)2)18(20)19-13-15-10-5-4-6-11-15/h7-9,12,15-16H,3-6,10-11,13H2,1-2H3,(H,19,20)/t16-/m0/s1. The summed E-state index contributed by atoms with van der Waals surface area (Å²) in [6.07, 6.45) is 6.73. The first kappa shape index (κ1) is 15.9. The van der Waals surface area contributed by atoms with Crippen LogP contribution in [-0.2, 0) is 4.79 Å². The number of carbonyl (C=O) groups is 1. The van der Waals surface area contributed by atoms with Crippen molar-refractivity contribution >= 4 is 5.91 Å². The van der Waals surface area contributed by atoms with Crippen molar-refractivity contribution in [1.29, 1.82) is 0 Å².